The summed E-state index contributed by atoms with van der Waals surface area (Å²) in [5.74, 6) is 0.259. The lowest BCUT2D eigenvalue weighted by atomic mass is 9.99. The second kappa shape index (κ2) is 7.50. The highest BCUT2D eigenvalue weighted by Gasteiger charge is 2.30. The second-order valence-electron chi connectivity index (χ2n) is 7.36. The fourth-order valence-electron chi connectivity index (χ4n) is 4.25. The summed E-state index contributed by atoms with van der Waals surface area (Å²) >= 11 is 0. The Hall–Kier alpha value is -2.33. The number of likely N-dealkylation sites (tertiary alicyclic amines) is 1. The fraction of sp³-hybridized carbons (Fsp3) is 0.409. The first-order valence-electron chi connectivity index (χ1n) is 9.60. The molecule has 3 heterocycles. The first-order chi connectivity index (χ1) is 12.7. The minimum atomic E-state index is 0.259. The van der Waals surface area contributed by atoms with Crippen LogP contribution in [0.15, 0.2) is 54.7 Å². The third-order valence-electron chi connectivity index (χ3n) is 5.73. The van der Waals surface area contributed by atoms with E-state index in [-0.39, 0.29) is 5.91 Å². The normalized spacial score (nSPS) is 21.0. The van der Waals surface area contributed by atoms with Crippen molar-refractivity contribution in [2.75, 3.05) is 26.2 Å². The van der Waals surface area contributed by atoms with Gasteiger partial charge < -0.3 is 9.47 Å². The molecule has 1 saturated heterocycles. The lowest BCUT2D eigenvalue weighted by Gasteiger charge is -2.30. The number of aryl methyl sites for hydroxylation is 1. The van der Waals surface area contributed by atoms with Crippen LogP contribution in [0.1, 0.15) is 36.6 Å². The molecule has 1 fully saturated rings. The van der Waals surface area contributed by atoms with Gasteiger partial charge in [0.25, 0.3) is 0 Å². The van der Waals surface area contributed by atoms with E-state index in [9.17, 15) is 4.79 Å². The van der Waals surface area contributed by atoms with Gasteiger partial charge >= 0.3 is 0 Å². The molecule has 2 aliphatic heterocycles. The van der Waals surface area contributed by atoms with Gasteiger partial charge in [-0.3, -0.25) is 9.69 Å². The van der Waals surface area contributed by atoms with Gasteiger partial charge in [-0.2, -0.15) is 0 Å². The van der Waals surface area contributed by atoms with Gasteiger partial charge in [0.1, 0.15) is 0 Å². The lowest BCUT2D eigenvalue weighted by molar-refractivity contribution is -0.132. The number of hydrogen-bond acceptors (Lipinski definition) is 2. The van der Waals surface area contributed by atoms with Gasteiger partial charge in [0.15, 0.2) is 0 Å². The van der Waals surface area contributed by atoms with E-state index in [1.54, 1.807) is 0 Å². The lowest BCUT2D eigenvalue weighted by Crippen LogP contribution is -2.42. The number of rotatable bonds is 4. The van der Waals surface area contributed by atoms with E-state index in [1.165, 1.54) is 23.3 Å². The molecule has 26 heavy (non-hydrogen) atoms. The maximum Gasteiger partial charge on any atom is 0.237 e. The standard InChI is InChI=1S/C22H27N3O/c1-23-13-5-9-20(23)21-10-6-14-25(21)17-22(26)24-15-11-19(12-16-24)18-7-3-2-4-8-18/h2-5,7-9,11,13,21H,6,10,12,14-17H2,1H3/t21-/m1/s1. The van der Waals surface area contributed by atoms with Crippen LogP contribution >= 0.6 is 0 Å². The van der Waals surface area contributed by atoms with Crippen molar-refractivity contribution >= 4 is 11.5 Å². The van der Waals surface area contributed by atoms with Crippen molar-refractivity contribution < 1.29 is 4.79 Å². The summed E-state index contributed by atoms with van der Waals surface area (Å²) in [6, 6.07) is 15.1. The molecule has 1 atom stereocenters. The molecule has 4 nitrogen and oxygen atoms in total. The maximum atomic E-state index is 12.8. The Labute approximate surface area is 155 Å². The summed E-state index contributed by atoms with van der Waals surface area (Å²) < 4.78 is 2.18. The molecular weight excluding hydrogens is 322 g/mol. The molecule has 0 N–H and O–H groups in total. The van der Waals surface area contributed by atoms with Crippen molar-refractivity contribution in [2.45, 2.75) is 25.3 Å². The smallest absolute Gasteiger partial charge is 0.237 e. The Morgan fingerprint density at radius 2 is 1.96 bits per heavy atom. The van der Waals surface area contributed by atoms with E-state index >= 15 is 0 Å². The number of benzene rings is 1. The maximum absolute atomic E-state index is 12.8. The third kappa shape index (κ3) is 3.47. The van der Waals surface area contributed by atoms with Crippen LogP contribution in [-0.4, -0.2) is 46.5 Å². The molecule has 136 valence electrons. The molecule has 0 unspecified atom stereocenters. The van der Waals surface area contributed by atoms with E-state index in [2.05, 4.69) is 65.2 Å². The highest BCUT2D eigenvalue weighted by Crippen LogP contribution is 2.32. The van der Waals surface area contributed by atoms with Crippen LogP contribution in [0.2, 0.25) is 0 Å². The van der Waals surface area contributed by atoms with E-state index in [0.717, 1.165) is 32.5 Å². The van der Waals surface area contributed by atoms with Crippen LogP contribution in [0, 0.1) is 0 Å². The number of nitrogens with zero attached hydrogens (tertiary/aromatic N) is 3. The largest absolute Gasteiger partial charge is 0.353 e. The molecule has 4 rings (SSSR count). The average Bonchev–Trinajstić information content (AvgIpc) is 3.31. The first-order valence-corrected chi connectivity index (χ1v) is 9.60. The van der Waals surface area contributed by atoms with E-state index in [1.807, 2.05) is 11.0 Å². The van der Waals surface area contributed by atoms with Gasteiger partial charge in [-0.1, -0.05) is 36.4 Å². The number of amides is 1. The number of carbonyl (C=O) groups is 1. The molecule has 0 radical (unpaired) electrons. The first kappa shape index (κ1) is 17.1. The predicted molar refractivity (Wildman–Crippen MR) is 105 cm³/mol. The van der Waals surface area contributed by atoms with Crippen LogP contribution in [0.4, 0.5) is 0 Å². The predicted octanol–water partition coefficient (Wildman–Crippen LogP) is 3.48. The molecule has 1 aromatic carbocycles. The number of hydrogen-bond donors (Lipinski definition) is 0. The highest BCUT2D eigenvalue weighted by atomic mass is 16.2. The number of aromatic nitrogens is 1. The van der Waals surface area contributed by atoms with E-state index in [0.29, 0.717) is 12.6 Å². The summed E-state index contributed by atoms with van der Waals surface area (Å²) in [7, 11) is 2.09. The zero-order valence-corrected chi connectivity index (χ0v) is 15.5. The molecule has 1 amide bonds. The summed E-state index contributed by atoms with van der Waals surface area (Å²) in [5.41, 5.74) is 3.96. The van der Waals surface area contributed by atoms with Gasteiger partial charge in [0, 0.05) is 32.0 Å². The Bertz CT molecular complexity index is 793. The highest BCUT2D eigenvalue weighted by molar-refractivity contribution is 5.80. The molecular formula is C22H27N3O. The number of carbonyl (C=O) groups excluding carboxylic acids is 1. The van der Waals surface area contributed by atoms with Gasteiger partial charge in [0.2, 0.25) is 5.91 Å². The van der Waals surface area contributed by atoms with Crippen LogP contribution in [0.5, 0.6) is 0 Å². The van der Waals surface area contributed by atoms with Crippen molar-refractivity contribution in [3.63, 3.8) is 0 Å². The topological polar surface area (TPSA) is 28.5 Å². The summed E-state index contributed by atoms with van der Waals surface area (Å²) in [5, 5.41) is 0. The van der Waals surface area contributed by atoms with Crippen molar-refractivity contribution in [1.29, 1.82) is 0 Å². The van der Waals surface area contributed by atoms with Gasteiger partial charge in [0.05, 0.1) is 12.6 Å². The Kier molecular flexibility index (Phi) is 4.93. The summed E-state index contributed by atoms with van der Waals surface area (Å²) in [4.78, 5) is 17.2. The van der Waals surface area contributed by atoms with E-state index in [4.69, 9.17) is 0 Å². The third-order valence-corrected chi connectivity index (χ3v) is 5.73. The minimum absolute atomic E-state index is 0.259. The van der Waals surface area contributed by atoms with Crippen LogP contribution < -0.4 is 0 Å². The van der Waals surface area contributed by atoms with Gasteiger partial charge in [-0.25, -0.2) is 0 Å². The molecule has 4 heteroatoms. The molecule has 1 aromatic heterocycles. The Balaban J connectivity index is 1.38. The van der Waals surface area contributed by atoms with Crippen LogP contribution in [0.3, 0.4) is 0 Å². The quantitative estimate of drug-likeness (QED) is 0.845. The van der Waals surface area contributed by atoms with Crippen molar-refractivity contribution in [3.8, 4) is 0 Å². The van der Waals surface area contributed by atoms with E-state index < -0.39 is 0 Å². The van der Waals surface area contributed by atoms with Crippen molar-refractivity contribution in [2.24, 2.45) is 7.05 Å². The molecule has 2 aromatic rings. The summed E-state index contributed by atoms with van der Waals surface area (Å²) in [6.07, 6.45) is 7.56. The molecule has 0 aliphatic carbocycles. The average molecular weight is 349 g/mol. The second-order valence-corrected chi connectivity index (χ2v) is 7.36. The molecule has 2 aliphatic rings. The summed E-state index contributed by atoms with van der Waals surface area (Å²) in [6.45, 7) is 3.10. The molecule has 0 saturated carbocycles. The zero-order valence-electron chi connectivity index (χ0n) is 15.5. The Morgan fingerprint density at radius 3 is 2.65 bits per heavy atom. The SMILES string of the molecule is Cn1cccc1[C@H]1CCCN1CC(=O)N1CC=C(c2ccccc2)CC1. The van der Waals surface area contributed by atoms with Crippen LogP contribution in [0.25, 0.3) is 5.57 Å². The van der Waals surface area contributed by atoms with Crippen molar-refractivity contribution in [1.82, 2.24) is 14.4 Å². The molecule has 0 spiro atoms. The van der Waals surface area contributed by atoms with Gasteiger partial charge in [-0.05, 0) is 49.1 Å². The Morgan fingerprint density at radius 1 is 1.12 bits per heavy atom. The monoisotopic (exact) mass is 349 g/mol. The van der Waals surface area contributed by atoms with Crippen molar-refractivity contribution in [3.05, 3.63) is 66.0 Å². The molecule has 0 bridgehead atoms. The van der Waals surface area contributed by atoms with Gasteiger partial charge in [-0.15, -0.1) is 0 Å². The fourth-order valence-corrected chi connectivity index (χ4v) is 4.25. The minimum Gasteiger partial charge on any atom is -0.353 e. The zero-order chi connectivity index (χ0) is 17.9. The van der Waals surface area contributed by atoms with Crippen LogP contribution in [-0.2, 0) is 11.8 Å².